The van der Waals surface area contributed by atoms with E-state index in [-0.39, 0.29) is 0 Å². The van der Waals surface area contributed by atoms with Gasteiger partial charge in [0.2, 0.25) is 0 Å². The molecule has 1 aliphatic rings. The summed E-state index contributed by atoms with van der Waals surface area (Å²) in [6.45, 7) is 3.19. The van der Waals surface area contributed by atoms with Crippen LogP contribution in [-0.4, -0.2) is 11.4 Å². The summed E-state index contributed by atoms with van der Waals surface area (Å²) in [5.74, 6) is 0. The van der Waals surface area contributed by atoms with Gasteiger partial charge in [-0.1, -0.05) is 54.1 Å². The SMILES string of the molecule is Clc1cccc2c1CN(CCCc1ccccc1)C2. The van der Waals surface area contributed by atoms with E-state index in [1.54, 1.807) is 0 Å². The van der Waals surface area contributed by atoms with Crippen LogP contribution in [0.2, 0.25) is 5.02 Å². The maximum absolute atomic E-state index is 6.24. The summed E-state index contributed by atoms with van der Waals surface area (Å²) >= 11 is 6.24. The Kier molecular flexibility index (Phi) is 3.86. The van der Waals surface area contributed by atoms with Gasteiger partial charge < -0.3 is 0 Å². The molecule has 3 rings (SSSR count). The van der Waals surface area contributed by atoms with E-state index in [0.717, 1.165) is 31.1 Å². The van der Waals surface area contributed by atoms with Gasteiger partial charge in [-0.15, -0.1) is 0 Å². The number of hydrogen-bond donors (Lipinski definition) is 0. The summed E-state index contributed by atoms with van der Waals surface area (Å²) in [5, 5.41) is 0.919. The van der Waals surface area contributed by atoms with Gasteiger partial charge in [-0.05, 0) is 42.1 Å². The van der Waals surface area contributed by atoms with E-state index >= 15 is 0 Å². The fraction of sp³-hybridized carbons (Fsp3) is 0.294. The Morgan fingerprint density at radius 3 is 2.58 bits per heavy atom. The molecule has 1 heterocycles. The number of nitrogens with zero attached hydrogens (tertiary/aromatic N) is 1. The van der Waals surface area contributed by atoms with Crippen molar-refractivity contribution < 1.29 is 0 Å². The molecular weight excluding hydrogens is 254 g/mol. The lowest BCUT2D eigenvalue weighted by atomic mass is 10.1. The molecule has 0 radical (unpaired) electrons. The van der Waals surface area contributed by atoms with Crippen LogP contribution in [-0.2, 0) is 19.5 Å². The average molecular weight is 272 g/mol. The minimum atomic E-state index is 0.919. The monoisotopic (exact) mass is 271 g/mol. The zero-order valence-corrected chi connectivity index (χ0v) is 11.7. The van der Waals surface area contributed by atoms with Gasteiger partial charge in [-0.2, -0.15) is 0 Å². The van der Waals surface area contributed by atoms with Crippen LogP contribution >= 0.6 is 11.6 Å². The highest BCUT2D eigenvalue weighted by atomic mass is 35.5. The third-order valence-corrected chi connectivity index (χ3v) is 4.13. The molecule has 0 unspecified atom stereocenters. The van der Waals surface area contributed by atoms with Crippen molar-refractivity contribution in [2.24, 2.45) is 0 Å². The highest BCUT2D eigenvalue weighted by molar-refractivity contribution is 6.31. The molecule has 19 heavy (non-hydrogen) atoms. The topological polar surface area (TPSA) is 3.24 Å². The predicted molar refractivity (Wildman–Crippen MR) is 80.3 cm³/mol. The van der Waals surface area contributed by atoms with E-state index in [1.807, 2.05) is 6.07 Å². The number of fused-ring (bicyclic) bond motifs is 1. The Balaban J connectivity index is 1.53. The highest BCUT2D eigenvalue weighted by Gasteiger charge is 2.20. The lowest BCUT2D eigenvalue weighted by Crippen LogP contribution is -2.18. The zero-order chi connectivity index (χ0) is 13.1. The van der Waals surface area contributed by atoms with Gasteiger partial charge in [0.25, 0.3) is 0 Å². The Hall–Kier alpha value is -1.31. The van der Waals surface area contributed by atoms with E-state index < -0.39 is 0 Å². The molecule has 1 nitrogen and oxygen atoms in total. The first kappa shape index (κ1) is 12.7. The van der Waals surface area contributed by atoms with Crippen molar-refractivity contribution in [2.45, 2.75) is 25.9 Å². The summed E-state index contributed by atoms with van der Waals surface area (Å²) in [4.78, 5) is 2.49. The van der Waals surface area contributed by atoms with E-state index in [9.17, 15) is 0 Å². The Morgan fingerprint density at radius 2 is 1.79 bits per heavy atom. The van der Waals surface area contributed by atoms with Crippen molar-refractivity contribution in [2.75, 3.05) is 6.54 Å². The second-order valence-corrected chi connectivity index (χ2v) is 5.58. The minimum absolute atomic E-state index is 0.919. The van der Waals surface area contributed by atoms with Gasteiger partial charge >= 0.3 is 0 Å². The number of hydrogen-bond acceptors (Lipinski definition) is 1. The summed E-state index contributed by atoms with van der Waals surface area (Å²) in [6.07, 6.45) is 2.36. The van der Waals surface area contributed by atoms with Crippen LogP contribution in [0.1, 0.15) is 23.1 Å². The Bertz CT molecular complexity index is 550. The third-order valence-electron chi connectivity index (χ3n) is 3.77. The number of aryl methyl sites for hydroxylation is 1. The van der Waals surface area contributed by atoms with Gasteiger partial charge in [0.05, 0.1) is 0 Å². The molecule has 0 fully saturated rings. The summed E-state index contributed by atoms with van der Waals surface area (Å²) in [5.41, 5.74) is 4.15. The molecule has 0 saturated carbocycles. The van der Waals surface area contributed by atoms with Crippen LogP contribution in [0.3, 0.4) is 0 Å². The molecule has 1 aliphatic heterocycles. The van der Waals surface area contributed by atoms with Crippen LogP contribution in [0, 0.1) is 0 Å². The Morgan fingerprint density at radius 1 is 0.947 bits per heavy atom. The maximum Gasteiger partial charge on any atom is 0.0454 e. The molecule has 0 aromatic heterocycles. The van der Waals surface area contributed by atoms with Crippen molar-refractivity contribution in [1.29, 1.82) is 0 Å². The second-order valence-electron chi connectivity index (χ2n) is 5.18. The summed E-state index contributed by atoms with van der Waals surface area (Å²) in [6, 6.07) is 16.9. The largest absolute Gasteiger partial charge is 0.295 e. The lowest BCUT2D eigenvalue weighted by molar-refractivity contribution is 0.280. The van der Waals surface area contributed by atoms with E-state index in [0.29, 0.717) is 0 Å². The molecule has 2 aromatic rings. The van der Waals surface area contributed by atoms with Crippen LogP contribution in [0.25, 0.3) is 0 Å². The molecular formula is C17H18ClN. The molecule has 0 atom stereocenters. The van der Waals surface area contributed by atoms with E-state index in [4.69, 9.17) is 11.6 Å². The first-order valence-corrected chi connectivity index (χ1v) is 7.23. The van der Waals surface area contributed by atoms with Crippen molar-refractivity contribution in [3.63, 3.8) is 0 Å². The van der Waals surface area contributed by atoms with Crippen molar-refractivity contribution in [3.8, 4) is 0 Å². The fourth-order valence-corrected chi connectivity index (χ4v) is 3.01. The molecule has 0 spiro atoms. The molecule has 2 aromatic carbocycles. The van der Waals surface area contributed by atoms with Gasteiger partial charge in [-0.25, -0.2) is 0 Å². The van der Waals surface area contributed by atoms with Crippen LogP contribution < -0.4 is 0 Å². The van der Waals surface area contributed by atoms with Crippen molar-refractivity contribution in [3.05, 3.63) is 70.2 Å². The molecule has 0 bridgehead atoms. The molecule has 0 aliphatic carbocycles. The average Bonchev–Trinajstić information content (AvgIpc) is 2.84. The lowest BCUT2D eigenvalue weighted by Gasteiger charge is -2.14. The van der Waals surface area contributed by atoms with Crippen LogP contribution in [0.4, 0.5) is 0 Å². The predicted octanol–water partition coefficient (Wildman–Crippen LogP) is 4.29. The normalized spacial score (nSPS) is 14.6. The zero-order valence-electron chi connectivity index (χ0n) is 11.0. The molecule has 2 heteroatoms. The standard InChI is InChI=1S/C17H18ClN/c18-17-10-4-9-15-12-19(13-16(15)17)11-5-8-14-6-2-1-3-7-14/h1-4,6-7,9-10H,5,8,11-13H2. The van der Waals surface area contributed by atoms with E-state index in [2.05, 4.69) is 47.4 Å². The number of halogens is 1. The first-order valence-electron chi connectivity index (χ1n) is 6.85. The summed E-state index contributed by atoms with van der Waals surface area (Å²) < 4.78 is 0. The van der Waals surface area contributed by atoms with Gasteiger partial charge in [0, 0.05) is 18.1 Å². The van der Waals surface area contributed by atoms with Gasteiger partial charge in [0.1, 0.15) is 0 Å². The van der Waals surface area contributed by atoms with Gasteiger partial charge in [0.15, 0.2) is 0 Å². The maximum atomic E-state index is 6.24. The fourth-order valence-electron chi connectivity index (χ4n) is 2.76. The quantitative estimate of drug-likeness (QED) is 0.802. The number of benzene rings is 2. The summed E-state index contributed by atoms with van der Waals surface area (Å²) in [7, 11) is 0. The van der Waals surface area contributed by atoms with Gasteiger partial charge in [-0.3, -0.25) is 4.90 Å². The van der Waals surface area contributed by atoms with Crippen molar-refractivity contribution in [1.82, 2.24) is 4.90 Å². The van der Waals surface area contributed by atoms with Crippen LogP contribution in [0.5, 0.6) is 0 Å². The smallest absolute Gasteiger partial charge is 0.0454 e. The molecule has 0 saturated heterocycles. The molecule has 0 amide bonds. The molecule has 98 valence electrons. The highest BCUT2D eigenvalue weighted by Crippen LogP contribution is 2.28. The minimum Gasteiger partial charge on any atom is -0.295 e. The van der Waals surface area contributed by atoms with Crippen molar-refractivity contribution >= 4 is 11.6 Å². The first-order chi connectivity index (χ1) is 9.33. The molecule has 0 N–H and O–H groups in total. The van der Waals surface area contributed by atoms with E-state index in [1.165, 1.54) is 23.1 Å². The third kappa shape index (κ3) is 2.99. The second kappa shape index (κ2) is 5.77. The Labute approximate surface area is 119 Å². The van der Waals surface area contributed by atoms with Crippen LogP contribution in [0.15, 0.2) is 48.5 Å². The number of rotatable bonds is 4.